The minimum absolute atomic E-state index is 0.226. The van der Waals surface area contributed by atoms with Gasteiger partial charge in [-0.25, -0.2) is 0 Å². The number of phenolic OH excluding ortho intramolecular Hbond substituents is 1. The summed E-state index contributed by atoms with van der Waals surface area (Å²) in [6.45, 7) is 0.664. The molecule has 1 unspecified atom stereocenters. The molecule has 0 amide bonds. The maximum atomic E-state index is 11.6. The molecule has 0 bridgehead atoms. The molecule has 1 aliphatic heterocycles. The first-order valence-electron chi connectivity index (χ1n) is 7.44. The van der Waals surface area contributed by atoms with Crippen LogP contribution in [0.1, 0.15) is 23.6 Å². The molecule has 1 N–H and O–H groups in total. The number of hydrogen-bond acceptors (Lipinski definition) is 5. The second-order valence-electron chi connectivity index (χ2n) is 5.33. The van der Waals surface area contributed by atoms with E-state index in [0.717, 1.165) is 29.5 Å². The SMILES string of the molecule is COc1ccccc1C(C=O)N1CCC(c2ccc(O)cc2)=N1. The molecule has 0 saturated carbocycles. The molecule has 2 aromatic carbocycles. The number of rotatable bonds is 5. The van der Waals surface area contributed by atoms with E-state index in [1.165, 1.54) is 0 Å². The Hall–Kier alpha value is -2.82. The average Bonchev–Trinajstić information content (AvgIpc) is 3.06. The average molecular weight is 310 g/mol. The van der Waals surface area contributed by atoms with Gasteiger partial charge in [-0.3, -0.25) is 5.01 Å². The van der Waals surface area contributed by atoms with Gasteiger partial charge in [0.2, 0.25) is 0 Å². The van der Waals surface area contributed by atoms with E-state index in [1.807, 2.05) is 36.4 Å². The number of carbonyl (C=O) groups is 1. The first-order chi connectivity index (χ1) is 11.2. The molecule has 0 aliphatic carbocycles. The number of nitrogens with zero attached hydrogens (tertiary/aromatic N) is 2. The Bertz CT molecular complexity index is 725. The lowest BCUT2D eigenvalue weighted by atomic mass is 10.1. The van der Waals surface area contributed by atoms with Gasteiger partial charge in [0.15, 0.2) is 0 Å². The van der Waals surface area contributed by atoms with Crippen LogP contribution in [0, 0.1) is 0 Å². The molecule has 0 spiro atoms. The van der Waals surface area contributed by atoms with E-state index in [9.17, 15) is 9.90 Å². The van der Waals surface area contributed by atoms with Crippen molar-refractivity contribution in [2.45, 2.75) is 12.5 Å². The van der Waals surface area contributed by atoms with Crippen LogP contribution in [-0.4, -0.2) is 35.8 Å². The van der Waals surface area contributed by atoms with E-state index < -0.39 is 6.04 Å². The third kappa shape index (κ3) is 3.04. The Kier molecular flexibility index (Phi) is 4.28. The van der Waals surface area contributed by atoms with Crippen LogP contribution in [0.5, 0.6) is 11.5 Å². The van der Waals surface area contributed by atoms with Crippen LogP contribution in [0.3, 0.4) is 0 Å². The van der Waals surface area contributed by atoms with Crippen molar-refractivity contribution >= 4 is 12.0 Å². The first-order valence-corrected chi connectivity index (χ1v) is 7.44. The number of benzene rings is 2. The van der Waals surface area contributed by atoms with Crippen molar-refractivity contribution < 1.29 is 14.6 Å². The van der Waals surface area contributed by atoms with Crippen LogP contribution >= 0.6 is 0 Å². The zero-order chi connectivity index (χ0) is 16.2. The van der Waals surface area contributed by atoms with Crippen LogP contribution in [0.2, 0.25) is 0 Å². The van der Waals surface area contributed by atoms with Crippen molar-refractivity contribution in [3.8, 4) is 11.5 Å². The van der Waals surface area contributed by atoms with Gasteiger partial charge in [-0.2, -0.15) is 5.10 Å². The van der Waals surface area contributed by atoms with Crippen molar-refractivity contribution in [2.24, 2.45) is 5.10 Å². The number of para-hydroxylation sites is 1. The molecule has 0 radical (unpaired) electrons. The predicted molar refractivity (Wildman–Crippen MR) is 87.8 cm³/mol. The molecule has 5 nitrogen and oxygen atoms in total. The molecule has 1 aliphatic rings. The molecule has 0 aromatic heterocycles. The highest BCUT2D eigenvalue weighted by molar-refractivity contribution is 6.01. The van der Waals surface area contributed by atoms with Crippen LogP contribution < -0.4 is 4.74 Å². The van der Waals surface area contributed by atoms with Gasteiger partial charge in [0.25, 0.3) is 0 Å². The van der Waals surface area contributed by atoms with Gasteiger partial charge in [0.05, 0.1) is 12.8 Å². The number of ether oxygens (including phenoxy) is 1. The van der Waals surface area contributed by atoms with E-state index >= 15 is 0 Å². The maximum absolute atomic E-state index is 11.6. The van der Waals surface area contributed by atoms with Crippen molar-refractivity contribution in [3.63, 3.8) is 0 Å². The summed E-state index contributed by atoms with van der Waals surface area (Å²) >= 11 is 0. The van der Waals surface area contributed by atoms with Crippen LogP contribution in [0.25, 0.3) is 0 Å². The number of aldehydes is 1. The van der Waals surface area contributed by atoms with Crippen LogP contribution in [-0.2, 0) is 4.79 Å². The zero-order valence-electron chi connectivity index (χ0n) is 12.8. The van der Waals surface area contributed by atoms with Gasteiger partial charge < -0.3 is 14.6 Å². The summed E-state index contributed by atoms with van der Waals surface area (Å²) in [6, 6.07) is 13.9. The van der Waals surface area contributed by atoms with E-state index in [0.29, 0.717) is 12.3 Å². The fraction of sp³-hybridized carbons (Fsp3) is 0.222. The Morgan fingerprint density at radius 1 is 1.22 bits per heavy atom. The number of phenols is 1. The second kappa shape index (κ2) is 6.52. The van der Waals surface area contributed by atoms with E-state index in [1.54, 1.807) is 24.3 Å². The molecule has 0 saturated heterocycles. The van der Waals surface area contributed by atoms with Crippen molar-refractivity contribution in [2.75, 3.05) is 13.7 Å². The highest BCUT2D eigenvalue weighted by Crippen LogP contribution is 2.30. The lowest BCUT2D eigenvalue weighted by Gasteiger charge is -2.23. The van der Waals surface area contributed by atoms with Crippen molar-refractivity contribution in [1.82, 2.24) is 5.01 Å². The fourth-order valence-electron chi connectivity index (χ4n) is 2.75. The Labute approximate surface area is 134 Å². The normalized spacial score (nSPS) is 15.2. The number of hydrogen-bond donors (Lipinski definition) is 1. The minimum atomic E-state index is -0.472. The quantitative estimate of drug-likeness (QED) is 0.863. The number of carbonyl (C=O) groups excluding carboxylic acids is 1. The van der Waals surface area contributed by atoms with Gasteiger partial charge in [-0.1, -0.05) is 18.2 Å². The molecule has 0 fully saturated rings. The fourth-order valence-corrected chi connectivity index (χ4v) is 2.75. The van der Waals surface area contributed by atoms with Crippen LogP contribution in [0.4, 0.5) is 0 Å². The molecule has 1 atom stereocenters. The number of hydrazone groups is 1. The van der Waals surface area contributed by atoms with Gasteiger partial charge >= 0.3 is 0 Å². The molecule has 1 heterocycles. The lowest BCUT2D eigenvalue weighted by Crippen LogP contribution is -2.23. The second-order valence-corrected chi connectivity index (χ2v) is 5.33. The molecule has 118 valence electrons. The standard InChI is InChI=1S/C18H18N2O3/c1-23-18-5-3-2-4-15(18)17(12-21)20-11-10-16(19-20)13-6-8-14(22)9-7-13/h2-9,12,17,22H,10-11H2,1H3. The van der Waals surface area contributed by atoms with E-state index in [4.69, 9.17) is 4.74 Å². The van der Waals surface area contributed by atoms with Gasteiger partial charge in [0, 0.05) is 18.5 Å². The zero-order valence-corrected chi connectivity index (χ0v) is 12.8. The highest BCUT2D eigenvalue weighted by atomic mass is 16.5. The molecule has 5 heteroatoms. The summed E-state index contributed by atoms with van der Waals surface area (Å²) in [5, 5.41) is 15.8. The van der Waals surface area contributed by atoms with Gasteiger partial charge in [0.1, 0.15) is 23.8 Å². The molecular formula is C18H18N2O3. The molecular weight excluding hydrogens is 292 g/mol. The van der Waals surface area contributed by atoms with Gasteiger partial charge in [-0.05, 0) is 35.9 Å². The monoisotopic (exact) mass is 310 g/mol. The number of methoxy groups -OCH3 is 1. The van der Waals surface area contributed by atoms with E-state index in [-0.39, 0.29) is 5.75 Å². The van der Waals surface area contributed by atoms with Crippen LogP contribution in [0.15, 0.2) is 53.6 Å². The smallest absolute Gasteiger partial charge is 0.148 e. The Morgan fingerprint density at radius 3 is 2.65 bits per heavy atom. The highest BCUT2D eigenvalue weighted by Gasteiger charge is 2.26. The summed E-state index contributed by atoms with van der Waals surface area (Å²) in [7, 11) is 1.59. The molecule has 3 rings (SSSR count). The van der Waals surface area contributed by atoms with Gasteiger partial charge in [-0.15, -0.1) is 0 Å². The molecule has 23 heavy (non-hydrogen) atoms. The maximum Gasteiger partial charge on any atom is 0.148 e. The Balaban J connectivity index is 1.88. The topological polar surface area (TPSA) is 62.1 Å². The lowest BCUT2D eigenvalue weighted by molar-refractivity contribution is -0.112. The summed E-state index contributed by atoms with van der Waals surface area (Å²) < 4.78 is 5.35. The minimum Gasteiger partial charge on any atom is -0.508 e. The van der Waals surface area contributed by atoms with Crippen molar-refractivity contribution in [3.05, 3.63) is 59.7 Å². The predicted octanol–water partition coefficient (Wildman–Crippen LogP) is 2.75. The summed E-state index contributed by atoms with van der Waals surface area (Å²) in [6.07, 6.45) is 1.64. The summed E-state index contributed by atoms with van der Waals surface area (Å²) in [5.74, 6) is 0.905. The third-order valence-corrected chi connectivity index (χ3v) is 3.93. The summed E-state index contributed by atoms with van der Waals surface area (Å²) in [4.78, 5) is 11.6. The Morgan fingerprint density at radius 2 is 1.96 bits per heavy atom. The molecule has 2 aromatic rings. The third-order valence-electron chi connectivity index (χ3n) is 3.93. The van der Waals surface area contributed by atoms with Crippen molar-refractivity contribution in [1.29, 1.82) is 0 Å². The van der Waals surface area contributed by atoms with E-state index in [2.05, 4.69) is 5.10 Å². The largest absolute Gasteiger partial charge is 0.508 e. The first kappa shape index (κ1) is 15.1. The number of aromatic hydroxyl groups is 1. The summed E-state index contributed by atoms with van der Waals surface area (Å²) in [5.41, 5.74) is 2.67.